The van der Waals surface area contributed by atoms with Crippen molar-refractivity contribution < 1.29 is 23.0 Å². The summed E-state index contributed by atoms with van der Waals surface area (Å²) < 4.78 is 39.1. The van der Waals surface area contributed by atoms with Crippen LogP contribution in [0.3, 0.4) is 0 Å². The summed E-state index contributed by atoms with van der Waals surface area (Å²) in [7, 11) is 0. The van der Waals surface area contributed by atoms with E-state index < -0.39 is 0 Å². The van der Waals surface area contributed by atoms with E-state index in [4.69, 9.17) is 14.5 Å². The molecule has 1 aromatic heterocycles. The number of nitrogens with zero attached hydrogens (tertiary/aromatic N) is 3. The number of thioether (sulfide) groups is 1. The zero-order chi connectivity index (χ0) is 28.6. The van der Waals surface area contributed by atoms with Crippen LogP contribution in [0.15, 0.2) is 58.5 Å². The summed E-state index contributed by atoms with van der Waals surface area (Å²) in [6.07, 6.45) is 4.19. The normalized spacial score (nSPS) is 14.9. The van der Waals surface area contributed by atoms with Crippen molar-refractivity contribution in [1.29, 1.82) is 0 Å². The first-order valence-corrected chi connectivity index (χ1v) is 14.9. The fourth-order valence-corrected chi connectivity index (χ4v) is 6.00. The minimum Gasteiger partial charge on any atom is -0.491 e. The van der Waals surface area contributed by atoms with E-state index in [1.54, 1.807) is 45.5 Å². The number of aromatic nitrogens is 2. The molecule has 0 saturated heterocycles. The van der Waals surface area contributed by atoms with Crippen molar-refractivity contribution >= 4 is 17.7 Å². The minimum atomic E-state index is -0.367. The molecule has 1 N–H and O–H groups in total. The molecule has 1 saturated carbocycles. The first kappa shape index (κ1) is 29.2. The summed E-state index contributed by atoms with van der Waals surface area (Å²) in [6.45, 7) is 3.03. The zero-order valence-electron chi connectivity index (χ0n) is 22.8. The van der Waals surface area contributed by atoms with Crippen molar-refractivity contribution in [2.75, 3.05) is 39.5 Å². The predicted molar refractivity (Wildman–Crippen MR) is 153 cm³/mol. The summed E-state index contributed by atoms with van der Waals surface area (Å²) in [5.41, 5.74) is 1.65. The topological polar surface area (TPSA) is 85.7 Å². The van der Waals surface area contributed by atoms with Crippen molar-refractivity contribution in [1.82, 2.24) is 19.8 Å². The maximum Gasteiger partial charge on any atom is 0.264 e. The predicted octanol–water partition coefficient (Wildman–Crippen LogP) is 4.12. The highest BCUT2D eigenvalue weighted by Crippen LogP contribution is 2.36. The maximum atomic E-state index is 13.7. The van der Waals surface area contributed by atoms with E-state index in [-0.39, 0.29) is 29.6 Å². The van der Waals surface area contributed by atoms with Crippen LogP contribution < -0.4 is 15.6 Å². The fraction of sp³-hybridized carbons (Fsp3) is 0.433. The Balaban J connectivity index is 1.10. The van der Waals surface area contributed by atoms with E-state index in [9.17, 15) is 18.4 Å². The molecule has 0 bridgehead atoms. The Hall–Kier alpha value is -3.28. The second-order valence-electron chi connectivity index (χ2n) is 10.1. The van der Waals surface area contributed by atoms with Gasteiger partial charge in [-0.05, 0) is 61.4 Å². The smallest absolute Gasteiger partial charge is 0.264 e. The summed E-state index contributed by atoms with van der Waals surface area (Å²) in [4.78, 5) is 33.2. The van der Waals surface area contributed by atoms with Gasteiger partial charge in [-0.1, -0.05) is 18.2 Å². The second-order valence-corrected chi connectivity index (χ2v) is 11.4. The number of halogens is 2. The third-order valence-electron chi connectivity index (χ3n) is 7.21. The van der Waals surface area contributed by atoms with Crippen LogP contribution in [0.2, 0.25) is 0 Å². The van der Waals surface area contributed by atoms with Gasteiger partial charge in [-0.15, -0.1) is 0 Å². The highest BCUT2D eigenvalue weighted by Gasteiger charge is 2.28. The Bertz CT molecular complexity index is 1380. The molecule has 0 radical (unpaired) electrons. The molecule has 0 unspecified atom stereocenters. The summed E-state index contributed by atoms with van der Waals surface area (Å²) >= 11 is 1.61. The molecule has 5 rings (SSSR count). The zero-order valence-corrected chi connectivity index (χ0v) is 23.6. The van der Waals surface area contributed by atoms with E-state index >= 15 is 0 Å². The number of benzene rings is 2. The maximum absolute atomic E-state index is 13.7. The molecule has 2 aromatic carbocycles. The lowest BCUT2D eigenvalue weighted by Crippen LogP contribution is -2.42. The van der Waals surface area contributed by atoms with Gasteiger partial charge < -0.3 is 19.7 Å². The molecule has 1 aliphatic carbocycles. The largest absolute Gasteiger partial charge is 0.491 e. The third-order valence-corrected chi connectivity index (χ3v) is 8.50. The number of carbonyl (C=O) groups is 1. The van der Waals surface area contributed by atoms with Crippen LogP contribution in [0.5, 0.6) is 5.75 Å². The van der Waals surface area contributed by atoms with Gasteiger partial charge in [0.25, 0.3) is 5.56 Å². The van der Waals surface area contributed by atoms with Gasteiger partial charge in [-0.2, -0.15) is 0 Å². The number of hydrogen-bond acceptors (Lipinski definition) is 7. The summed E-state index contributed by atoms with van der Waals surface area (Å²) in [6, 6.07) is 11.7. The molecule has 2 aliphatic rings. The molecular formula is C30H34F2N4O4S. The Labute approximate surface area is 242 Å². The number of rotatable bonds is 13. The molecule has 41 heavy (non-hydrogen) atoms. The van der Waals surface area contributed by atoms with Crippen molar-refractivity contribution in [3.8, 4) is 11.4 Å². The number of nitrogens with one attached hydrogen (secondary N) is 1. The lowest BCUT2D eigenvalue weighted by Gasteiger charge is -2.30. The van der Waals surface area contributed by atoms with Gasteiger partial charge in [0.15, 0.2) is 5.16 Å². The van der Waals surface area contributed by atoms with E-state index in [0.29, 0.717) is 79.7 Å². The van der Waals surface area contributed by atoms with Gasteiger partial charge in [-0.3, -0.25) is 14.2 Å². The van der Waals surface area contributed by atoms with Crippen molar-refractivity contribution in [3.05, 3.63) is 81.8 Å². The van der Waals surface area contributed by atoms with Crippen LogP contribution in [0.4, 0.5) is 8.78 Å². The SMILES string of the molecule is O=C(CCNCCOCCOc1ccc(F)cc1)N1CCc2nc(SC3CCC3)n(-c3ccc(F)cc3)c(=O)c2C1. The molecule has 1 aliphatic heterocycles. The van der Waals surface area contributed by atoms with E-state index in [1.807, 2.05) is 0 Å². The number of fused-ring (bicyclic) bond motifs is 1. The molecule has 0 spiro atoms. The second kappa shape index (κ2) is 14.1. The highest BCUT2D eigenvalue weighted by molar-refractivity contribution is 7.99. The molecule has 2 heterocycles. The van der Waals surface area contributed by atoms with Crippen molar-refractivity contribution in [2.45, 2.75) is 49.1 Å². The van der Waals surface area contributed by atoms with Crippen LogP contribution in [0, 0.1) is 11.6 Å². The molecule has 0 atom stereocenters. The van der Waals surface area contributed by atoms with Crippen LogP contribution in [-0.2, 0) is 22.5 Å². The van der Waals surface area contributed by atoms with Crippen molar-refractivity contribution in [2.24, 2.45) is 0 Å². The van der Waals surface area contributed by atoms with Gasteiger partial charge in [0, 0.05) is 37.7 Å². The Morgan fingerprint density at radius 3 is 2.44 bits per heavy atom. The Morgan fingerprint density at radius 2 is 1.73 bits per heavy atom. The minimum absolute atomic E-state index is 0.0302. The van der Waals surface area contributed by atoms with Gasteiger partial charge >= 0.3 is 0 Å². The monoisotopic (exact) mass is 584 g/mol. The van der Waals surface area contributed by atoms with Gasteiger partial charge in [-0.25, -0.2) is 13.8 Å². The van der Waals surface area contributed by atoms with E-state index in [0.717, 1.165) is 18.5 Å². The molecule has 1 amide bonds. The van der Waals surface area contributed by atoms with Gasteiger partial charge in [0.2, 0.25) is 5.91 Å². The third kappa shape index (κ3) is 7.72. The van der Waals surface area contributed by atoms with Gasteiger partial charge in [0.05, 0.1) is 36.7 Å². The van der Waals surface area contributed by atoms with Crippen LogP contribution in [-0.4, -0.2) is 65.1 Å². The fourth-order valence-electron chi connectivity index (χ4n) is 4.68. The lowest BCUT2D eigenvalue weighted by molar-refractivity contribution is -0.132. The van der Waals surface area contributed by atoms with Crippen LogP contribution in [0.25, 0.3) is 5.69 Å². The average molecular weight is 585 g/mol. The van der Waals surface area contributed by atoms with Crippen LogP contribution in [0.1, 0.15) is 36.9 Å². The van der Waals surface area contributed by atoms with Crippen molar-refractivity contribution in [3.63, 3.8) is 0 Å². The molecule has 8 nitrogen and oxygen atoms in total. The standard InChI is InChI=1S/C30H34F2N4O4S/c31-21-4-8-23(9-5-21)36-29(38)26-20-35(16-13-27(26)34-30(36)41-25-2-1-3-25)28(37)12-14-33-15-17-39-18-19-40-24-10-6-22(32)7-11-24/h4-11,25,33H,1-3,12-20H2. The van der Waals surface area contributed by atoms with E-state index in [2.05, 4.69) is 5.32 Å². The summed E-state index contributed by atoms with van der Waals surface area (Å²) in [5.74, 6) is -0.117. The first-order chi connectivity index (χ1) is 20.0. The number of ether oxygens (including phenoxy) is 2. The van der Waals surface area contributed by atoms with Gasteiger partial charge in [0.1, 0.15) is 24.0 Å². The highest BCUT2D eigenvalue weighted by atomic mass is 32.2. The lowest BCUT2D eigenvalue weighted by atomic mass is 10.0. The molecule has 3 aromatic rings. The molecule has 11 heteroatoms. The Morgan fingerprint density at radius 1 is 1.00 bits per heavy atom. The van der Waals surface area contributed by atoms with Crippen LogP contribution >= 0.6 is 11.8 Å². The molecule has 1 fully saturated rings. The number of carbonyl (C=O) groups excluding carboxylic acids is 1. The quantitative estimate of drug-likeness (QED) is 0.239. The average Bonchev–Trinajstić information content (AvgIpc) is 2.95. The van der Waals surface area contributed by atoms with E-state index in [1.165, 1.54) is 30.7 Å². The first-order valence-electron chi connectivity index (χ1n) is 14.0. The molecule has 218 valence electrons. The number of amides is 1. The molecular weight excluding hydrogens is 550 g/mol. The number of hydrogen-bond donors (Lipinski definition) is 1. The summed E-state index contributed by atoms with van der Waals surface area (Å²) in [5, 5.41) is 4.27. The Kier molecular flexibility index (Phi) is 10.0.